The van der Waals surface area contributed by atoms with Crippen LogP contribution in [-0.2, 0) is 13.6 Å². The molecule has 0 bridgehead atoms. The van der Waals surface area contributed by atoms with E-state index in [0.29, 0.717) is 15.9 Å². The van der Waals surface area contributed by atoms with Gasteiger partial charge < -0.3 is 5.32 Å². The summed E-state index contributed by atoms with van der Waals surface area (Å²) in [6.07, 6.45) is 0. The van der Waals surface area contributed by atoms with E-state index < -0.39 is 6.03 Å². The molecule has 0 spiro atoms. The van der Waals surface area contributed by atoms with Gasteiger partial charge in [0, 0.05) is 23.6 Å². The second-order valence-corrected chi connectivity index (χ2v) is 4.99. The van der Waals surface area contributed by atoms with Gasteiger partial charge >= 0.3 is 6.03 Å². The number of rotatable bonds is 3. The van der Waals surface area contributed by atoms with Crippen LogP contribution in [0.5, 0.6) is 0 Å². The minimum absolute atomic E-state index is 0.254. The number of hydrogen-bond donors (Lipinski definition) is 2. The monoisotopic (exact) mass is 313 g/mol. The Hall–Kier alpha value is -1.79. The van der Waals surface area contributed by atoms with Crippen molar-refractivity contribution >= 4 is 35.2 Å². The highest BCUT2D eigenvalue weighted by atomic mass is 35.5. The minimum atomic E-state index is -0.401. The van der Waals surface area contributed by atoms with Crippen molar-refractivity contribution in [1.29, 1.82) is 0 Å². The van der Waals surface area contributed by atoms with Gasteiger partial charge in [0.1, 0.15) is 5.82 Å². The highest BCUT2D eigenvalue weighted by Gasteiger charge is 2.08. The highest BCUT2D eigenvalue weighted by Crippen LogP contribution is 2.20. The zero-order valence-electron chi connectivity index (χ0n) is 10.9. The molecular formula is C12H13Cl2N5O. The van der Waals surface area contributed by atoms with Gasteiger partial charge in [-0.05, 0) is 24.6 Å². The van der Waals surface area contributed by atoms with Gasteiger partial charge in [0.15, 0.2) is 0 Å². The lowest BCUT2D eigenvalue weighted by atomic mass is 10.2. The molecule has 20 heavy (non-hydrogen) atoms. The van der Waals surface area contributed by atoms with Gasteiger partial charge in [-0.1, -0.05) is 29.3 Å². The molecule has 0 radical (unpaired) electrons. The van der Waals surface area contributed by atoms with Crippen molar-refractivity contribution in [2.45, 2.75) is 13.5 Å². The van der Waals surface area contributed by atoms with Crippen molar-refractivity contribution < 1.29 is 4.79 Å². The molecule has 0 fully saturated rings. The number of aromatic nitrogens is 3. The summed E-state index contributed by atoms with van der Waals surface area (Å²) in [6.45, 7) is 2.08. The molecule has 2 rings (SSSR count). The molecule has 6 nitrogen and oxygen atoms in total. The molecule has 1 aromatic carbocycles. The highest BCUT2D eigenvalue weighted by molar-refractivity contribution is 6.35. The lowest BCUT2D eigenvalue weighted by Gasteiger charge is -2.07. The van der Waals surface area contributed by atoms with E-state index in [4.69, 9.17) is 23.2 Å². The lowest BCUT2D eigenvalue weighted by Crippen LogP contribution is -2.28. The predicted molar refractivity (Wildman–Crippen MR) is 78.1 cm³/mol. The van der Waals surface area contributed by atoms with Crippen LogP contribution in [0.1, 0.15) is 11.4 Å². The summed E-state index contributed by atoms with van der Waals surface area (Å²) < 4.78 is 1.58. The molecule has 8 heteroatoms. The van der Waals surface area contributed by atoms with Crippen molar-refractivity contribution in [2.24, 2.45) is 7.05 Å². The molecule has 0 aliphatic heterocycles. The van der Waals surface area contributed by atoms with Gasteiger partial charge in [-0.2, -0.15) is 4.98 Å². The van der Waals surface area contributed by atoms with Gasteiger partial charge in [0.25, 0.3) is 0 Å². The number of aryl methyl sites for hydroxylation is 2. The van der Waals surface area contributed by atoms with Crippen LogP contribution in [0, 0.1) is 6.92 Å². The fraction of sp³-hybridized carbons (Fsp3) is 0.250. The van der Waals surface area contributed by atoms with Gasteiger partial charge in [0.05, 0.1) is 0 Å². The number of hydrogen-bond acceptors (Lipinski definition) is 3. The van der Waals surface area contributed by atoms with Crippen molar-refractivity contribution in [1.82, 2.24) is 20.1 Å². The molecule has 2 amide bonds. The first-order valence-electron chi connectivity index (χ1n) is 5.82. The summed E-state index contributed by atoms with van der Waals surface area (Å²) in [5.74, 6) is 0.964. The summed E-state index contributed by atoms with van der Waals surface area (Å²) in [7, 11) is 1.75. The first-order valence-corrected chi connectivity index (χ1v) is 6.57. The van der Waals surface area contributed by atoms with Crippen LogP contribution < -0.4 is 10.6 Å². The first-order chi connectivity index (χ1) is 9.45. The third-order valence-electron chi connectivity index (χ3n) is 2.66. The Morgan fingerprint density at radius 1 is 1.40 bits per heavy atom. The minimum Gasteiger partial charge on any atom is -0.334 e. The van der Waals surface area contributed by atoms with Gasteiger partial charge in [-0.3, -0.25) is 10.00 Å². The molecule has 0 atom stereocenters. The summed E-state index contributed by atoms with van der Waals surface area (Å²) in [6, 6.07) is 4.70. The van der Waals surface area contributed by atoms with E-state index in [1.165, 1.54) is 0 Å². The molecular weight excluding hydrogens is 301 g/mol. The Bertz CT molecular complexity index is 621. The lowest BCUT2D eigenvalue weighted by molar-refractivity contribution is 0.251. The van der Waals surface area contributed by atoms with E-state index in [0.717, 1.165) is 5.56 Å². The van der Waals surface area contributed by atoms with Gasteiger partial charge in [0.2, 0.25) is 5.95 Å². The number of nitrogens with zero attached hydrogens (tertiary/aromatic N) is 3. The summed E-state index contributed by atoms with van der Waals surface area (Å²) in [4.78, 5) is 15.8. The molecule has 0 unspecified atom stereocenters. The number of carbonyl (C=O) groups is 1. The van der Waals surface area contributed by atoms with Crippen LogP contribution in [0.25, 0.3) is 0 Å². The summed E-state index contributed by atoms with van der Waals surface area (Å²) in [5, 5.41) is 10.3. The molecule has 2 aromatic rings. The van der Waals surface area contributed by atoms with Crippen LogP contribution >= 0.6 is 23.2 Å². The number of urea groups is 1. The Kier molecular flexibility index (Phi) is 4.46. The topological polar surface area (TPSA) is 71.8 Å². The molecule has 0 aliphatic rings. The quantitative estimate of drug-likeness (QED) is 0.915. The third-order valence-corrected chi connectivity index (χ3v) is 3.25. The van der Waals surface area contributed by atoms with Crippen LogP contribution in [0.15, 0.2) is 18.2 Å². The van der Waals surface area contributed by atoms with Crippen molar-refractivity contribution in [3.63, 3.8) is 0 Å². The van der Waals surface area contributed by atoms with Crippen LogP contribution in [-0.4, -0.2) is 20.8 Å². The molecule has 2 N–H and O–H groups in total. The summed E-state index contributed by atoms with van der Waals surface area (Å²) >= 11 is 11.8. The van der Waals surface area contributed by atoms with Gasteiger partial charge in [-0.25, -0.2) is 4.79 Å². The Balaban J connectivity index is 1.92. The van der Waals surface area contributed by atoms with Crippen LogP contribution in [0.3, 0.4) is 0 Å². The molecule has 1 aromatic heterocycles. The van der Waals surface area contributed by atoms with Gasteiger partial charge in [-0.15, -0.1) is 5.10 Å². The molecule has 0 saturated carbocycles. The van der Waals surface area contributed by atoms with Crippen LogP contribution in [0.4, 0.5) is 10.7 Å². The number of anilines is 1. The Labute approximate surface area is 126 Å². The first kappa shape index (κ1) is 14.6. The van der Waals surface area contributed by atoms with E-state index in [1.807, 2.05) is 0 Å². The Morgan fingerprint density at radius 2 is 2.15 bits per heavy atom. The predicted octanol–water partition coefficient (Wildman–Crippen LogP) is 2.75. The maximum absolute atomic E-state index is 11.7. The standard InChI is InChI=1S/C12H13Cl2N5O/c1-7-16-11(18-19(7)2)17-12(20)15-6-8-3-4-9(13)5-10(8)14/h3-5H,6H2,1-2H3,(H2,15,17,18,20). The van der Waals surface area contributed by atoms with Crippen molar-refractivity contribution in [3.05, 3.63) is 39.6 Å². The fourth-order valence-electron chi connectivity index (χ4n) is 1.50. The number of amides is 2. The average Bonchev–Trinajstić information content (AvgIpc) is 2.67. The number of nitrogens with one attached hydrogen (secondary N) is 2. The average molecular weight is 314 g/mol. The maximum Gasteiger partial charge on any atom is 0.321 e. The van der Waals surface area contributed by atoms with E-state index in [9.17, 15) is 4.79 Å². The normalized spacial score (nSPS) is 10.4. The van der Waals surface area contributed by atoms with E-state index >= 15 is 0 Å². The molecule has 0 saturated heterocycles. The largest absolute Gasteiger partial charge is 0.334 e. The fourth-order valence-corrected chi connectivity index (χ4v) is 1.98. The zero-order valence-corrected chi connectivity index (χ0v) is 12.5. The second-order valence-electron chi connectivity index (χ2n) is 4.15. The Morgan fingerprint density at radius 3 is 2.75 bits per heavy atom. The smallest absolute Gasteiger partial charge is 0.321 e. The molecule has 0 aliphatic carbocycles. The van der Waals surface area contributed by atoms with E-state index in [1.54, 1.807) is 36.9 Å². The van der Waals surface area contributed by atoms with Crippen molar-refractivity contribution in [2.75, 3.05) is 5.32 Å². The molecule has 1 heterocycles. The van der Waals surface area contributed by atoms with E-state index in [-0.39, 0.29) is 12.5 Å². The number of halogens is 2. The van der Waals surface area contributed by atoms with Crippen molar-refractivity contribution in [3.8, 4) is 0 Å². The van der Waals surface area contributed by atoms with E-state index in [2.05, 4.69) is 20.7 Å². The number of benzene rings is 1. The summed E-state index contributed by atoms with van der Waals surface area (Å²) in [5.41, 5.74) is 0.774. The third kappa shape index (κ3) is 3.61. The van der Waals surface area contributed by atoms with Crippen LogP contribution in [0.2, 0.25) is 10.0 Å². The maximum atomic E-state index is 11.7. The number of carbonyl (C=O) groups excluding carboxylic acids is 1. The SMILES string of the molecule is Cc1nc(NC(=O)NCc2ccc(Cl)cc2Cl)nn1C. The molecule has 106 valence electrons. The zero-order chi connectivity index (χ0) is 14.7. The second kappa shape index (κ2) is 6.11.